The van der Waals surface area contributed by atoms with Gasteiger partial charge in [0.25, 0.3) is 0 Å². The molecule has 0 radical (unpaired) electrons. The summed E-state index contributed by atoms with van der Waals surface area (Å²) in [6.45, 7) is 6.58. The predicted molar refractivity (Wildman–Crippen MR) is 86.1 cm³/mol. The minimum atomic E-state index is 0.646. The van der Waals surface area contributed by atoms with Crippen molar-refractivity contribution in [3.63, 3.8) is 0 Å². The van der Waals surface area contributed by atoms with E-state index in [1.54, 1.807) is 13.4 Å². The maximum atomic E-state index is 5.27. The number of fused-ring (bicyclic) bond motifs is 1. The van der Waals surface area contributed by atoms with Crippen LogP contribution in [0.4, 0.5) is 0 Å². The summed E-state index contributed by atoms with van der Waals surface area (Å²) in [6.07, 6.45) is 3.90. The molecule has 5 nitrogen and oxygen atoms in total. The van der Waals surface area contributed by atoms with Gasteiger partial charge in [0.15, 0.2) is 0 Å². The second-order valence-corrected chi connectivity index (χ2v) is 5.73. The fraction of sp³-hybridized carbons (Fsp3) is 0.412. The van der Waals surface area contributed by atoms with Gasteiger partial charge in [0.2, 0.25) is 0 Å². The van der Waals surface area contributed by atoms with Gasteiger partial charge in [-0.25, -0.2) is 9.67 Å². The molecule has 1 aromatic carbocycles. The fourth-order valence-electron chi connectivity index (χ4n) is 2.87. The highest BCUT2D eigenvalue weighted by molar-refractivity contribution is 5.56. The normalized spacial score (nSPS) is 15.8. The number of aromatic nitrogens is 3. The molecule has 2 aromatic rings. The van der Waals surface area contributed by atoms with E-state index in [-0.39, 0.29) is 0 Å². The molecule has 1 aromatic heterocycles. The number of hydrogen-bond donors (Lipinski definition) is 0. The van der Waals surface area contributed by atoms with Crippen LogP contribution < -0.4 is 0 Å². The molecule has 1 aliphatic heterocycles. The van der Waals surface area contributed by atoms with Crippen LogP contribution in [0.25, 0.3) is 6.08 Å². The van der Waals surface area contributed by atoms with Crippen LogP contribution in [-0.2, 0) is 24.4 Å². The zero-order valence-electron chi connectivity index (χ0n) is 13.2. The smallest absolute Gasteiger partial charge is 0.141 e. The molecule has 0 amide bonds. The van der Waals surface area contributed by atoms with E-state index < -0.39 is 0 Å². The van der Waals surface area contributed by atoms with Crippen molar-refractivity contribution in [3.05, 3.63) is 53.1 Å². The van der Waals surface area contributed by atoms with Gasteiger partial charge in [0, 0.05) is 20.2 Å². The van der Waals surface area contributed by atoms with E-state index in [2.05, 4.69) is 52.2 Å². The van der Waals surface area contributed by atoms with Crippen LogP contribution in [0.5, 0.6) is 0 Å². The molecule has 0 saturated heterocycles. The molecule has 1 aliphatic rings. The minimum absolute atomic E-state index is 0.646. The lowest BCUT2D eigenvalue weighted by Crippen LogP contribution is -2.35. The zero-order valence-corrected chi connectivity index (χ0v) is 13.2. The van der Waals surface area contributed by atoms with Crippen LogP contribution in [0.1, 0.15) is 23.9 Å². The molecular formula is C17H22N4O. The molecule has 0 spiro atoms. The van der Waals surface area contributed by atoms with Crippen LogP contribution in [-0.4, -0.2) is 39.9 Å². The van der Waals surface area contributed by atoms with Crippen LogP contribution in [0.15, 0.2) is 36.2 Å². The summed E-state index contributed by atoms with van der Waals surface area (Å²) in [5.41, 5.74) is 3.81. The molecule has 0 fully saturated rings. The van der Waals surface area contributed by atoms with Crippen molar-refractivity contribution in [2.45, 2.75) is 26.6 Å². The standard InChI is InChI=1S/C17H22N4O/c1-14(9-15-5-3-4-6-16(15)12-22-2)10-20-7-8-21-17(11-20)18-13-19-21/h3-6,9,13H,7-8,10-12H2,1-2H3. The second-order valence-electron chi connectivity index (χ2n) is 5.73. The lowest BCUT2D eigenvalue weighted by molar-refractivity contribution is 0.184. The Morgan fingerprint density at radius 1 is 1.32 bits per heavy atom. The fourth-order valence-corrected chi connectivity index (χ4v) is 2.87. The second kappa shape index (κ2) is 6.85. The SMILES string of the molecule is COCc1ccccc1C=C(C)CN1CCn2ncnc2C1. The van der Waals surface area contributed by atoms with Crippen molar-refractivity contribution in [2.24, 2.45) is 0 Å². The predicted octanol–water partition coefficient (Wildman–Crippen LogP) is 2.34. The molecule has 2 heterocycles. The largest absolute Gasteiger partial charge is 0.380 e. The minimum Gasteiger partial charge on any atom is -0.380 e. The summed E-state index contributed by atoms with van der Waals surface area (Å²) in [6, 6.07) is 8.39. The molecule has 0 saturated carbocycles. The Morgan fingerprint density at radius 2 is 2.18 bits per heavy atom. The molecule has 0 atom stereocenters. The summed E-state index contributed by atoms with van der Waals surface area (Å²) in [7, 11) is 1.73. The first kappa shape index (κ1) is 14.9. The molecule has 116 valence electrons. The van der Waals surface area contributed by atoms with Gasteiger partial charge in [-0.15, -0.1) is 0 Å². The summed E-state index contributed by atoms with van der Waals surface area (Å²) in [4.78, 5) is 6.72. The molecule has 0 aliphatic carbocycles. The highest BCUT2D eigenvalue weighted by Crippen LogP contribution is 2.16. The Kier molecular flexibility index (Phi) is 4.65. The third-order valence-corrected chi connectivity index (χ3v) is 3.92. The summed E-state index contributed by atoms with van der Waals surface area (Å²) in [5, 5.41) is 4.22. The van der Waals surface area contributed by atoms with Gasteiger partial charge in [-0.05, 0) is 18.1 Å². The van der Waals surface area contributed by atoms with Crippen molar-refractivity contribution in [1.29, 1.82) is 0 Å². The number of ether oxygens (including phenoxy) is 1. The number of nitrogens with zero attached hydrogens (tertiary/aromatic N) is 4. The maximum Gasteiger partial charge on any atom is 0.141 e. The monoisotopic (exact) mass is 298 g/mol. The van der Waals surface area contributed by atoms with Crippen LogP contribution in [0.2, 0.25) is 0 Å². The van der Waals surface area contributed by atoms with Crippen molar-refractivity contribution in [2.75, 3.05) is 20.2 Å². The van der Waals surface area contributed by atoms with E-state index in [0.717, 1.165) is 32.0 Å². The van der Waals surface area contributed by atoms with Crippen molar-refractivity contribution < 1.29 is 4.74 Å². The molecule has 0 bridgehead atoms. The summed E-state index contributed by atoms with van der Waals surface area (Å²) < 4.78 is 7.26. The van der Waals surface area contributed by atoms with E-state index in [1.165, 1.54) is 16.7 Å². The van der Waals surface area contributed by atoms with Crippen LogP contribution >= 0.6 is 0 Å². The summed E-state index contributed by atoms with van der Waals surface area (Å²) in [5.74, 6) is 1.05. The van der Waals surface area contributed by atoms with Crippen LogP contribution in [0, 0.1) is 0 Å². The van der Waals surface area contributed by atoms with E-state index in [1.807, 2.05) is 4.68 Å². The van der Waals surface area contributed by atoms with Gasteiger partial charge in [-0.2, -0.15) is 5.10 Å². The number of methoxy groups -OCH3 is 1. The first-order valence-electron chi connectivity index (χ1n) is 7.59. The topological polar surface area (TPSA) is 43.2 Å². The Morgan fingerprint density at radius 3 is 3.05 bits per heavy atom. The van der Waals surface area contributed by atoms with Gasteiger partial charge < -0.3 is 4.74 Å². The first-order chi connectivity index (χ1) is 10.8. The van der Waals surface area contributed by atoms with E-state index in [9.17, 15) is 0 Å². The highest BCUT2D eigenvalue weighted by atomic mass is 16.5. The zero-order chi connectivity index (χ0) is 15.4. The number of rotatable bonds is 5. The van der Waals surface area contributed by atoms with Gasteiger partial charge in [0.05, 0.1) is 19.7 Å². The van der Waals surface area contributed by atoms with E-state index >= 15 is 0 Å². The summed E-state index contributed by atoms with van der Waals surface area (Å²) >= 11 is 0. The highest BCUT2D eigenvalue weighted by Gasteiger charge is 2.17. The Balaban J connectivity index is 1.68. The Bertz CT molecular complexity index is 662. The first-order valence-corrected chi connectivity index (χ1v) is 7.59. The average molecular weight is 298 g/mol. The number of benzene rings is 1. The van der Waals surface area contributed by atoms with Crippen molar-refractivity contribution in [1.82, 2.24) is 19.7 Å². The Hall–Kier alpha value is -1.98. The van der Waals surface area contributed by atoms with Gasteiger partial charge >= 0.3 is 0 Å². The van der Waals surface area contributed by atoms with Gasteiger partial charge in [-0.3, -0.25) is 4.90 Å². The molecule has 22 heavy (non-hydrogen) atoms. The third-order valence-electron chi connectivity index (χ3n) is 3.92. The van der Waals surface area contributed by atoms with Crippen LogP contribution in [0.3, 0.4) is 0 Å². The van der Waals surface area contributed by atoms with Crippen molar-refractivity contribution >= 4 is 6.08 Å². The van der Waals surface area contributed by atoms with Gasteiger partial charge in [0.1, 0.15) is 12.2 Å². The molecule has 0 N–H and O–H groups in total. The number of hydrogen-bond acceptors (Lipinski definition) is 4. The third kappa shape index (κ3) is 3.43. The van der Waals surface area contributed by atoms with Crippen molar-refractivity contribution in [3.8, 4) is 0 Å². The van der Waals surface area contributed by atoms with E-state index in [0.29, 0.717) is 6.61 Å². The quantitative estimate of drug-likeness (QED) is 0.850. The molecule has 3 rings (SSSR count). The molecular weight excluding hydrogens is 276 g/mol. The van der Waals surface area contributed by atoms with Gasteiger partial charge in [-0.1, -0.05) is 35.9 Å². The lowest BCUT2D eigenvalue weighted by Gasteiger charge is -2.26. The molecule has 5 heteroatoms. The molecule has 0 unspecified atom stereocenters. The maximum absolute atomic E-state index is 5.27. The Labute approximate surface area is 131 Å². The lowest BCUT2D eigenvalue weighted by atomic mass is 10.1. The average Bonchev–Trinajstić information content (AvgIpc) is 2.97. The van der Waals surface area contributed by atoms with E-state index in [4.69, 9.17) is 4.74 Å².